The van der Waals surface area contributed by atoms with E-state index in [2.05, 4.69) is 0 Å². The summed E-state index contributed by atoms with van der Waals surface area (Å²) >= 11 is 0. The second-order valence-corrected chi connectivity index (χ2v) is 7.30. The maximum atomic E-state index is 12.2. The van der Waals surface area contributed by atoms with Gasteiger partial charge in [0.25, 0.3) is 0 Å². The standard InChI is InChI=1S/C13H20N2O3S/c1-15(8-10-6-12(16)7-10)19(17,18)9-11-4-2-3-5-13(11)14/h2-5,10,12,16H,6-9,14H2,1H3. The van der Waals surface area contributed by atoms with E-state index < -0.39 is 10.0 Å². The topological polar surface area (TPSA) is 83.6 Å². The highest BCUT2D eigenvalue weighted by molar-refractivity contribution is 7.88. The molecule has 2 rings (SSSR count). The number of nitrogens with two attached hydrogens (primary N) is 1. The van der Waals surface area contributed by atoms with Crippen molar-refractivity contribution in [2.75, 3.05) is 19.3 Å². The van der Waals surface area contributed by atoms with Gasteiger partial charge in [0.05, 0.1) is 11.9 Å². The van der Waals surface area contributed by atoms with Gasteiger partial charge in [0.15, 0.2) is 0 Å². The van der Waals surface area contributed by atoms with Crippen LogP contribution in [-0.4, -0.2) is 37.5 Å². The highest BCUT2D eigenvalue weighted by atomic mass is 32.2. The average Bonchev–Trinajstić information content (AvgIpc) is 2.30. The van der Waals surface area contributed by atoms with Crippen molar-refractivity contribution in [1.29, 1.82) is 0 Å². The monoisotopic (exact) mass is 284 g/mol. The van der Waals surface area contributed by atoms with Gasteiger partial charge < -0.3 is 10.8 Å². The molecule has 0 radical (unpaired) electrons. The first-order chi connectivity index (χ1) is 8.88. The zero-order valence-corrected chi connectivity index (χ0v) is 11.8. The first-order valence-corrected chi connectivity index (χ1v) is 7.95. The lowest BCUT2D eigenvalue weighted by atomic mass is 9.82. The van der Waals surface area contributed by atoms with Crippen molar-refractivity contribution in [3.05, 3.63) is 29.8 Å². The number of aliphatic hydroxyl groups is 1. The molecule has 1 aliphatic rings. The Morgan fingerprint density at radius 2 is 2.00 bits per heavy atom. The number of hydrogen-bond acceptors (Lipinski definition) is 4. The second-order valence-electron chi connectivity index (χ2n) is 5.23. The third-order valence-corrected chi connectivity index (χ3v) is 5.37. The number of aliphatic hydroxyl groups excluding tert-OH is 1. The Hall–Kier alpha value is -1.11. The Morgan fingerprint density at radius 1 is 1.37 bits per heavy atom. The van der Waals surface area contributed by atoms with Crippen molar-refractivity contribution in [2.45, 2.75) is 24.7 Å². The number of sulfonamides is 1. The highest BCUT2D eigenvalue weighted by Crippen LogP contribution is 2.28. The predicted octanol–water partition coefficient (Wildman–Crippen LogP) is 0.801. The van der Waals surface area contributed by atoms with Crippen LogP contribution in [0.3, 0.4) is 0 Å². The third-order valence-electron chi connectivity index (χ3n) is 3.59. The molecule has 1 aromatic carbocycles. The molecule has 3 N–H and O–H groups in total. The van der Waals surface area contributed by atoms with Gasteiger partial charge in [0.2, 0.25) is 10.0 Å². The van der Waals surface area contributed by atoms with E-state index >= 15 is 0 Å². The Balaban J connectivity index is 2.00. The smallest absolute Gasteiger partial charge is 0.218 e. The number of benzene rings is 1. The summed E-state index contributed by atoms with van der Waals surface area (Å²) in [5.74, 6) is 0.189. The van der Waals surface area contributed by atoms with Crippen LogP contribution in [0, 0.1) is 5.92 Å². The first-order valence-electron chi connectivity index (χ1n) is 6.34. The lowest BCUT2D eigenvalue weighted by Gasteiger charge is -2.34. The van der Waals surface area contributed by atoms with Gasteiger partial charge in [-0.1, -0.05) is 18.2 Å². The summed E-state index contributed by atoms with van der Waals surface area (Å²) in [4.78, 5) is 0. The number of nitrogen functional groups attached to an aromatic ring is 1. The zero-order valence-electron chi connectivity index (χ0n) is 11.0. The number of nitrogens with zero attached hydrogens (tertiary/aromatic N) is 1. The molecular weight excluding hydrogens is 264 g/mol. The fourth-order valence-corrected chi connectivity index (χ4v) is 3.61. The van der Waals surface area contributed by atoms with Crippen molar-refractivity contribution in [3.63, 3.8) is 0 Å². The van der Waals surface area contributed by atoms with Crippen LogP contribution in [0.25, 0.3) is 0 Å². The minimum atomic E-state index is -3.35. The summed E-state index contributed by atoms with van der Waals surface area (Å²) in [6.45, 7) is 0.464. The maximum Gasteiger partial charge on any atom is 0.218 e. The van der Waals surface area contributed by atoms with E-state index in [9.17, 15) is 13.5 Å². The van der Waals surface area contributed by atoms with Crippen molar-refractivity contribution in [1.82, 2.24) is 4.31 Å². The molecule has 5 nitrogen and oxygen atoms in total. The lowest BCUT2D eigenvalue weighted by molar-refractivity contribution is 0.0367. The Bertz CT molecular complexity index is 539. The summed E-state index contributed by atoms with van der Waals surface area (Å²) < 4.78 is 25.8. The molecule has 1 aromatic rings. The molecule has 0 amide bonds. The van der Waals surface area contributed by atoms with E-state index in [4.69, 9.17) is 5.73 Å². The largest absolute Gasteiger partial charge is 0.398 e. The van der Waals surface area contributed by atoms with Gasteiger partial charge in [-0.3, -0.25) is 0 Å². The quantitative estimate of drug-likeness (QED) is 0.783. The SMILES string of the molecule is CN(CC1CC(O)C1)S(=O)(=O)Cc1ccccc1N. The Morgan fingerprint density at radius 3 is 2.58 bits per heavy atom. The Labute approximate surface area is 114 Å². The van der Waals surface area contributed by atoms with Crippen LogP contribution < -0.4 is 5.73 Å². The van der Waals surface area contributed by atoms with Crippen molar-refractivity contribution >= 4 is 15.7 Å². The zero-order chi connectivity index (χ0) is 14.0. The minimum Gasteiger partial charge on any atom is -0.398 e. The van der Waals surface area contributed by atoms with E-state index in [1.807, 2.05) is 0 Å². The molecule has 19 heavy (non-hydrogen) atoms. The molecule has 0 atom stereocenters. The summed E-state index contributed by atoms with van der Waals surface area (Å²) in [5, 5.41) is 9.22. The molecule has 1 saturated carbocycles. The van der Waals surface area contributed by atoms with E-state index in [-0.39, 0.29) is 17.8 Å². The van der Waals surface area contributed by atoms with Crippen LogP contribution >= 0.6 is 0 Å². The first kappa shape index (κ1) is 14.3. The molecule has 0 spiro atoms. The molecule has 106 valence electrons. The summed E-state index contributed by atoms with van der Waals surface area (Å²) in [5.41, 5.74) is 6.90. The highest BCUT2D eigenvalue weighted by Gasteiger charge is 2.31. The van der Waals surface area contributed by atoms with Crippen LogP contribution in [0.4, 0.5) is 5.69 Å². The molecule has 1 aliphatic carbocycles. The molecule has 0 saturated heterocycles. The van der Waals surface area contributed by atoms with Gasteiger partial charge in [0, 0.05) is 19.3 Å². The number of para-hydroxylation sites is 1. The van der Waals surface area contributed by atoms with Gasteiger partial charge >= 0.3 is 0 Å². The van der Waals surface area contributed by atoms with Crippen LogP contribution in [0.5, 0.6) is 0 Å². The molecule has 1 fully saturated rings. The molecule has 0 heterocycles. The van der Waals surface area contributed by atoms with Crippen LogP contribution in [0.15, 0.2) is 24.3 Å². The van der Waals surface area contributed by atoms with Gasteiger partial charge in [0.1, 0.15) is 0 Å². The molecular formula is C13H20N2O3S. The van der Waals surface area contributed by atoms with E-state index in [1.54, 1.807) is 31.3 Å². The van der Waals surface area contributed by atoms with Crippen molar-refractivity contribution in [2.24, 2.45) is 5.92 Å². The molecule has 0 bridgehead atoms. The lowest BCUT2D eigenvalue weighted by Crippen LogP contribution is -2.39. The van der Waals surface area contributed by atoms with E-state index in [0.29, 0.717) is 30.6 Å². The van der Waals surface area contributed by atoms with Gasteiger partial charge in [-0.15, -0.1) is 0 Å². The normalized spacial score (nSPS) is 23.3. The summed E-state index contributed by atoms with van der Waals surface area (Å²) in [7, 11) is -1.77. The maximum absolute atomic E-state index is 12.2. The van der Waals surface area contributed by atoms with Crippen LogP contribution in [0.2, 0.25) is 0 Å². The van der Waals surface area contributed by atoms with Gasteiger partial charge in [-0.25, -0.2) is 12.7 Å². The minimum absolute atomic E-state index is 0.0779. The van der Waals surface area contributed by atoms with Crippen LogP contribution in [-0.2, 0) is 15.8 Å². The van der Waals surface area contributed by atoms with Crippen molar-refractivity contribution in [3.8, 4) is 0 Å². The van der Waals surface area contributed by atoms with Gasteiger partial charge in [-0.05, 0) is 30.4 Å². The molecule has 0 aliphatic heterocycles. The van der Waals surface area contributed by atoms with E-state index in [0.717, 1.165) is 0 Å². The summed E-state index contributed by atoms with van der Waals surface area (Å²) in [6, 6.07) is 7.00. The molecule has 0 aromatic heterocycles. The number of anilines is 1. The third kappa shape index (κ3) is 3.46. The van der Waals surface area contributed by atoms with Crippen LogP contribution in [0.1, 0.15) is 18.4 Å². The summed E-state index contributed by atoms with van der Waals surface area (Å²) in [6.07, 6.45) is 1.12. The fraction of sp³-hybridized carbons (Fsp3) is 0.538. The van der Waals surface area contributed by atoms with E-state index in [1.165, 1.54) is 4.31 Å². The average molecular weight is 284 g/mol. The van der Waals surface area contributed by atoms with Crippen molar-refractivity contribution < 1.29 is 13.5 Å². The second kappa shape index (κ2) is 5.48. The molecule has 6 heteroatoms. The number of rotatable bonds is 5. The predicted molar refractivity (Wildman–Crippen MR) is 74.8 cm³/mol. The van der Waals surface area contributed by atoms with Gasteiger partial charge in [-0.2, -0.15) is 0 Å². The number of hydrogen-bond donors (Lipinski definition) is 2. The Kier molecular flexibility index (Phi) is 4.13. The fourth-order valence-electron chi connectivity index (χ4n) is 2.30. The molecule has 0 unspecified atom stereocenters.